The Morgan fingerprint density at radius 3 is 2.50 bits per heavy atom. The summed E-state index contributed by atoms with van der Waals surface area (Å²) in [4.78, 5) is 17.7. The molecule has 0 saturated carbocycles. The van der Waals surface area contributed by atoms with Gasteiger partial charge in [-0.3, -0.25) is 0 Å². The van der Waals surface area contributed by atoms with Crippen LogP contribution in [0, 0.1) is 13.8 Å². The molecule has 0 spiro atoms. The normalized spacial score (nSPS) is 11.7. The van der Waals surface area contributed by atoms with Gasteiger partial charge >= 0.3 is 5.97 Å². The van der Waals surface area contributed by atoms with Gasteiger partial charge in [0, 0.05) is 33.7 Å². The fourth-order valence-corrected chi connectivity index (χ4v) is 4.14. The van der Waals surface area contributed by atoms with Gasteiger partial charge in [0.15, 0.2) is 5.84 Å². The molecule has 5 nitrogen and oxygen atoms in total. The van der Waals surface area contributed by atoms with Crippen molar-refractivity contribution in [3.63, 3.8) is 0 Å². The van der Waals surface area contributed by atoms with E-state index in [1.807, 2.05) is 37.3 Å². The zero-order chi connectivity index (χ0) is 22.8. The van der Waals surface area contributed by atoms with Crippen molar-refractivity contribution in [2.45, 2.75) is 20.4 Å². The Labute approximate surface area is 196 Å². The second-order valence-corrected chi connectivity index (χ2v) is 8.34. The zero-order valence-corrected chi connectivity index (χ0v) is 19.1. The molecule has 162 valence electrons. The summed E-state index contributed by atoms with van der Waals surface area (Å²) in [5.41, 5.74) is 11.3. The van der Waals surface area contributed by atoms with E-state index in [1.165, 1.54) is 5.56 Å². The van der Waals surface area contributed by atoms with Crippen LogP contribution in [0.4, 0.5) is 0 Å². The second-order valence-electron chi connectivity index (χ2n) is 7.49. The SMILES string of the molecule is Cc1c(C)n(Cc2ccccc2)c2ccc(C(=O)O/N=C(\N)c3ccc(Cl)cc3Cl)cc12. The molecule has 0 aliphatic rings. The molecule has 0 bridgehead atoms. The first kappa shape index (κ1) is 21.9. The maximum Gasteiger partial charge on any atom is 0.365 e. The fourth-order valence-electron chi connectivity index (χ4n) is 3.64. The van der Waals surface area contributed by atoms with Crippen molar-refractivity contribution in [3.05, 3.63) is 105 Å². The molecule has 0 fully saturated rings. The molecule has 4 aromatic rings. The molecule has 1 aromatic heterocycles. The third kappa shape index (κ3) is 4.35. The van der Waals surface area contributed by atoms with Gasteiger partial charge in [-0.2, -0.15) is 0 Å². The first-order valence-corrected chi connectivity index (χ1v) is 10.7. The molecule has 0 unspecified atom stereocenters. The Morgan fingerprint density at radius 2 is 1.78 bits per heavy atom. The summed E-state index contributed by atoms with van der Waals surface area (Å²) in [5.74, 6) is -0.616. The highest BCUT2D eigenvalue weighted by Crippen LogP contribution is 2.27. The van der Waals surface area contributed by atoms with Crippen molar-refractivity contribution < 1.29 is 9.63 Å². The summed E-state index contributed by atoms with van der Waals surface area (Å²) in [5, 5.41) is 5.54. The Bertz CT molecular complexity index is 1340. The summed E-state index contributed by atoms with van der Waals surface area (Å²) in [6, 6.07) is 20.5. The monoisotopic (exact) mass is 465 g/mol. The fraction of sp³-hybridized carbons (Fsp3) is 0.120. The van der Waals surface area contributed by atoms with Crippen LogP contribution in [0.15, 0.2) is 71.9 Å². The molecule has 0 aliphatic heterocycles. The third-order valence-electron chi connectivity index (χ3n) is 5.49. The number of amidine groups is 1. The van der Waals surface area contributed by atoms with Crippen molar-refractivity contribution in [1.29, 1.82) is 0 Å². The molecule has 0 aliphatic carbocycles. The van der Waals surface area contributed by atoms with Crippen molar-refractivity contribution in [2.75, 3.05) is 0 Å². The molecule has 0 atom stereocenters. The Morgan fingerprint density at radius 1 is 1.03 bits per heavy atom. The topological polar surface area (TPSA) is 69.6 Å². The predicted molar refractivity (Wildman–Crippen MR) is 130 cm³/mol. The molecule has 3 aromatic carbocycles. The van der Waals surface area contributed by atoms with Crippen molar-refractivity contribution in [3.8, 4) is 0 Å². The van der Waals surface area contributed by atoms with E-state index in [0.717, 1.165) is 28.7 Å². The minimum absolute atomic E-state index is 0.0119. The summed E-state index contributed by atoms with van der Waals surface area (Å²) >= 11 is 12.0. The molecule has 7 heteroatoms. The van der Waals surface area contributed by atoms with Crippen molar-refractivity contribution in [2.24, 2.45) is 10.9 Å². The van der Waals surface area contributed by atoms with Gasteiger partial charge in [0.25, 0.3) is 0 Å². The van der Waals surface area contributed by atoms with Crippen molar-refractivity contribution in [1.82, 2.24) is 4.57 Å². The van der Waals surface area contributed by atoms with E-state index in [2.05, 4.69) is 28.8 Å². The van der Waals surface area contributed by atoms with Gasteiger partial charge in [-0.05, 0) is 61.4 Å². The van der Waals surface area contributed by atoms with Gasteiger partial charge in [-0.25, -0.2) is 4.79 Å². The van der Waals surface area contributed by atoms with Gasteiger partial charge in [0.2, 0.25) is 0 Å². The lowest BCUT2D eigenvalue weighted by Crippen LogP contribution is -2.15. The largest absolute Gasteiger partial charge is 0.380 e. The maximum absolute atomic E-state index is 12.6. The number of halogens is 2. The quantitative estimate of drug-likeness (QED) is 0.168. The highest BCUT2D eigenvalue weighted by atomic mass is 35.5. The highest BCUT2D eigenvalue weighted by molar-refractivity contribution is 6.36. The van der Waals surface area contributed by atoms with Crippen LogP contribution in [0.3, 0.4) is 0 Å². The average molecular weight is 466 g/mol. The minimum Gasteiger partial charge on any atom is -0.380 e. The maximum atomic E-state index is 12.6. The number of carbonyl (C=O) groups is 1. The average Bonchev–Trinajstić information content (AvgIpc) is 3.02. The van der Waals surface area contributed by atoms with E-state index < -0.39 is 5.97 Å². The lowest BCUT2D eigenvalue weighted by Gasteiger charge is -2.09. The van der Waals surface area contributed by atoms with Crippen LogP contribution in [0.25, 0.3) is 10.9 Å². The van der Waals surface area contributed by atoms with Crippen LogP contribution in [-0.4, -0.2) is 16.4 Å². The predicted octanol–water partition coefficient (Wildman–Crippen LogP) is 6.09. The molecule has 2 N–H and O–H groups in total. The second kappa shape index (κ2) is 9.07. The molecule has 32 heavy (non-hydrogen) atoms. The number of hydrogen-bond acceptors (Lipinski definition) is 3. The smallest absolute Gasteiger partial charge is 0.365 e. The lowest BCUT2D eigenvalue weighted by molar-refractivity contribution is 0.0516. The number of carbonyl (C=O) groups excluding carboxylic acids is 1. The Balaban J connectivity index is 1.59. The number of nitrogens with zero attached hydrogens (tertiary/aromatic N) is 2. The number of hydrogen-bond donors (Lipinski definition) is 1. The zero-order valence-electron chi connectivity index (χ0n) is 17.6. The van der Waals surface area contributed by atoms with Gasteiger partial charge in [-0.15, -0.1) is 0 Å². The lowest BCUT2D eigenvalue weighted by atomic mass is 10.1. The number of benzene rings is 3. The minimum atomic E-state index is -0.604. The van der Waals surface area contributed by atoms with Gasteiger partial charge < -0.3 is 15.1 Å². The van der Waals surface area contributed by atoms with E-state index in [0.29, 0.717) is 21.2 Å². The van der Waals surface area contributed by atoms with E-state index in [4.69, 9.17) is 33.8 Å². The van der Waals surface area contributed by atoms with E-state index in [-0.39, 0.29) is 5.84 Å². The number of aromatic nitrogens is 1. The van der Waals surface area contributed by atoms with E-state index in [9.17, 15) is 4.79 Å². The number of oxime groups is 1. The van der Waals surface area contributed by atoms with Crippen molar-refractivity contribution >= 4 is 45.9 Å². The first-order valence-electron chi connectivity index (χ1n) is 9.98. The molecular formula is C25H21Cl2N3O2. The molecule has 0 amide bonds. The molecule has 0 saturated heterocycles. The van der Waals surface area contributed by atoms with Crippen LogP contribution >= 0.6 is 23.2 Å². The number of rotatable bonds is 5. The van der Waals surface area contributed by atoms with Crippen LogP contribution < -0.4 is 5.73 Å². The molecule has 1 heterocycles. The molecular weight excluding hydrogens is 445 g/mol. The van der Waals surface area contributed by atoms with Gasteiger partial charge in [0.05, 0.1) is 10.6 Å². The number of nitrogens with two attached hydrogens (primary N) is 1. The van der Waals surface area contributed by atoms with Crippen LogP contribution in [-0.2, 0) is 11.4 Å². The summed E-state index contributed by atoms with van der Waals surface area (Å²) in [6.45, 7) is 4.88. The van der Waals surface area contributed by atoms with E-state index >= 15 is 0 Å². The van der Waals surface area contributed by atoms with E-state index in [1.54, 1.807) is 24.3 Å². The van der Waals surface area contributed by atoms with Gasteiger partial charge in [-0.1, -0.05) is 58.7 Å². The number of fused-ring (bicyclic) bond motifs is 1. The number of aryl methyl sites for hydroxylation is 1. The van der Waals surface area contributed by atoms with Crippen LogP contribution in [0.1, 0.15) is 32.7 Å². The summed E-state index contributed by atoms with van der Waals surface area (Å²) in [6.07, 6.45) is 0. The summed E-state index contributed by atoms with van der Waals surface area (Å²) < 4.78 is 2.24. The van der Waals surface area contributed by atoms with Crippen LogP contribution in [0.2, 0.25) is 10.0 Å². The summed E-state index contributed by atoms with van der Waals surface area (Å²) in [7, 11) is 0. The molecule has 4 rings (SSSR count). The molecule has 0 radical (unpaired) electrons. The Kier molecular flexibility index (Phi) is 6.21. The standard InChI is InChI=1S/C25H21Cl2N3O2/c1-15-16(2)30(14-17-6-4-3-5-7-17)23-11-8-18(12-21(15)23)25(31)32-29-24(28)20-10-9-19(26)13-22(20)27/h3-13H,14H2,1-2H3,(H2,28,29). The van der Waals surface area contributed by atoms with Gasteiger partial charge in [0.1, 0.15) is 0 Å². The Hall–Kier alpha value is -3.28. The highest BCUT2D eigenvalue weighted by Gasteiger charge is 2.16. The third-order valence-corrected chi connectivity index (χ3v) is 6.04. The first-order chi connectivity index (χ1) is 15.3. The van der Waals surface area contributed by atoms with Crippen LogP contribution in [0.5, 0.6) is 0 Å².